The van der Waals surface area contributed by atoms with E-state index in [1.807, 2.05) is 6.92 Å². The number of aliphatic hydroxyl groups excluding tert-OH is 1. The standard InChI is InChI=1S/C12H12O4/c1-8-3-5-9(6-4-8)10(13)7-11(14)12(15)16-2/h3-7,14H,1-2H3/b11-7-. The number of aliphatic hydroxyl groups is 1. The smallest absolute Gasteiger partial charge is 0.373 e. The summed E-state index contributed by atoms with van der Waals surface area (Å²) in [4.78, 5) is 22.4. The molecule has 0 saturated carbocycles. The molecule has 0 aliphatic carbocycles. The second-order valence-electron chi connectivity index (χ2n) is 3.25. The summed E-state index contributed by atoms with van der Waals surface area (Å²) in [7, 11) is 1.13. The minimum atomic E-state index is -0.930. The van der Waals surface area contributed by atoms with Crippen LogP contribution in [0.25, 0.3) is 0 Å². The molecule has 1 rings (SSSR count). The molecule has 1 aromatic carbocycles. The third-order valence-electron chi connectivity index (χ3n) is 2.00. The zero-order valence-corrected chi connectivity index (χ0v) is 9.06. The van der Waals surface area contributed by atoms with E-state index in [0.717, 1.165) is 18.7 Å². The monoisotopic (exact) mass is 220 g/mol. The van der Waals surface area contributed by atoms with E-state index in [4.69, 9.17) is 5.11 Å². The van der Waals surface area contributed by atoms with Gasteiger partial charge in [-0.1, -0.05) is 29.8 Å². The van der Waals surface area contributed by atoms with Crippen molar-refractivity contribution in [2.24, 2.45) is 0 Å². The highest BCUT2D eigenvalue weighted by atomic mass is 16.5. The van der Waals surface area contributed by atoms with E-state index in [0.29, 0.717) is 5.56 Å². The molecular formula is C12H12O4. The number of allylic oxidation sites excluding steroid dienone is 1. The molecule has 0 atom stereocenters. The van der Waals surface area contributed by atoms with Gasteiger partial charge >= 0.3 is 5.97 Å². The van der Waals surface area contributed by atoms with Gasteiger partial charge in [0.25, 0.3) is 0 Å². The van der Waals surface area contributed by atoms with E-state index < -0.39 is 17.5 Å². The van der Waals surface area contributed by atoms with Gasteiger partial charge in [-0.15, -0.1) is 0 Å². The van der Waals surface area contributed by atoms with Crippen LogP contribution in [-0.2, 0) is 9.53 Å². The van der Waals surface area contributed by atoms with Crippen molar-refractivity contribution < 1.29 is 19.4 Å². The fourth-order valence-electron chi connectivity index (χ4n) is 1.09. The molecule has 84 valence electrons. The van der Waals surface area contributed by atoms with E-state index in [9.17, 15) is 9.59 Å². The Balaban J connectivity index is 2.87. The van der Waals surface area contributed by atoms with Crippen LogP contribution in [0.5, 0.6) is 0 Å². The number of hydrogen-bond donors (Lipinski definition) is 1. The number of carbonyl (C=O) groups excluding carboxylic acids is 2. The van der Waals surface area contributed by atoms with Crippen molar-refractivity contribution in [3.8, 4) is 0 Å². The number of hydrogen-bond acceptors (Lipinski definition) is 4. The number of ether oxygens (including phenoxy) is 1. The molecule has 0 aliphatic heterocycles. The number of benzene rings is 1. The van der Waals surface area contributed by atoms with Gasteiger partial charge in [0.15, 0.2) is 5.78 Å². The van der Waals surface area contributed by atoms with Crippen molar-refractivity contribution in [3.05, 3.63) is 47.2 Å². The molecule has 4 heteroatoms. The van der Waals surface area contributed by atoms with E-state index in [2.05, 4.69) is 4.74 Å². The number of methoxy groups -OCH3 is 1. The Bertz CT molecular complexity index is 429. The lowest BCUT2D eigenvalue weighted by Gasteiger charge is -1.98. The van der Waals surface area contributed by atoms with Crippen molar-refractivity contribution in [1.82, 2.24) is 0 Å². The number of esters is 1. The Labute approximate surface area is 93.2 Å². The summed E-state index contributed by atoms with van der Waals surface area (Å²) < 4.78 is 4.26. The molecule has 16 heavy (non-hydrogen) atoms. The molecule has 0 unspecified atom stereocenters. The van der Waals surface area contributed by atoms with Crippen LogP contribution in [0, 0.1) is 6.92 Å². The normalized spacial score (nSPS) is 11.0. The first-order chi connectivity index (χ1) is 7.54. The maximum Gasteiger partial charge on any atom is 0.373 e. The summed E-state index contributed by atoms with van der Waals surface area (Å²) >= 11 is 0. The second-order valence-corrected chi connectivity index (χ2v) is 3.25. The molecule has 0 radical (unpaired) electrons. The third kappa shape index (κ3) is 2.95. The van der Waals surface area contributed by atoms with Crippen LogP contribution in [0.3, 0.4) is 0 Å². The highest BCUT2D eigenvalue weighted by Crippen LogP contribution is 2.06. The predicted molar refractivity (Wildman–Crippen MR) is 58.2 cm³/mol. The lowest BCUT2D eigenvalue weighted by Crippen LogP contribution is -2.06. The van der Waals surface area contributed by atoms with Gasteiger partial charge in [-0.3, -0.25) is 4.79 Å². The molecule has 0 spiro atoms. The highest BCUT2D eigenvalue weighted by molar-refractivity contribution is 6.07. The summed E-state index contributed by atoms with van der Waals surface area (Å²) in [5.41, 5.74) is 1.43. The third-order valence-corrected chi connectivity index (χ3v) is 2.00. The van der Waals surface area contributed by atoms with Crippen LogP contribution in [0.2, 0.25) is 0 Å². The Hall–Kier alpha value is -2.10. The minimum Gasteiger partial charge on any atom is -0.502 e. The van der Waals surface area contributed by atoms with Crippen LogP contribution < -0.4 is 0 Å². The quantitative estimate of drug-likeness (QED) is 0.365. The molecule has 0 amide bonds. The molecule has 0 bridgehead atoms. The van der Waals surface area contributed by atoms with Gasteiger partial charge in [0.1, 0.15) is 0 Å². The summed E-state index contributed by atoms with van der Waals surface area (Å²) in [5.74, 6) is -2.07. The first-order valence-electron chi connectivity index (χ1n) is 4.64. The van der Waals surface area contributed by atoms with E-state index >= 15 is 0 Å². The number of aryl methyl sites for hydroxylation is 1. The average molecular weight is 220 g/mol. The van der Waals surface area contributed by atoms with Gasteiger partial charge in [-0.25, -0.2) is 4.79 Å². The number of carbonyl (C=O) groups is 2. The molecular weight excluding hydrogens is 208 g/mol. The number of ketones is 1. The SMILES string of the molecule is COC(=O)/C(O)=C/C(=O)c1ccc(C)cc1. The minimum absolute atomic E-state index is 0.404. The molecule has 1 N–H and O–H groups in total. The van der Waals surface area contributed by atoms with Crippen LogP contribution in [0.15, 0.2) is 36.1 Å². The van der Waals surface area contributed by atoms with Gasteiger partial charge in [-0.2, -0.15) is 0 Å². The largest absolute Gasteiger partial charge is 0.502 e. The zero-order valence-electron chi connectivity index (χ0n) is 9.06. The first kappa shape index (κ1) is 12.0. The van der Waals surface area contributed by atoms with E-state index in [1.165, 1.54) is 0 Å². The van der Waals surface area contributed by atoms with Crippen LogP contribution >= 0.6 is 0 Å². The van der Waals surface area contributed by atoms with E-state index in [-0.39, 0.29) is 0 Å². The maximum absolute atomic E-state index is 11.5. The predicted octanol–water partition coefficient (Wildman–Crippen LogP) is 1.79. The lowest BCUT2D eigenvalue weighted by molar-refractivity contribution is -0.139. The van der Waals surface area contributed by atoms with Crippen molar-refractivity contribution in [3.63, 3.8) is 0 Å². The summed E-state index contributed by atoms with van der Waals surface area (Å²) in [6.45, 7) is 1.90. The van der Waals surface area contributed by atoms with Gasteiger partial charge in [0.05, 0.1) is 7.11 Å². The summed E-state index contributed by atoms with van der Waals surface area (Å²) in [6.07, 6.45) is 0.844. The first-order valence-corrected chi connectivity index (χ1v) is 4.64. The molecule has 0 heterocycles. The Morgan fingerprint density at radius 3 is 2.31 bits per heavy atom. The van der Waals surface area contributed by atoms with Gasteiger partial charge in [-0.05, 0) is 6.92 Å². The Kier molecular flexibility index (Phi) is 3.83. The maximum atomic E-state index is 11.5. The van der Waals surface area contributed by atoms with Crippen LogP contribution in [0.1, 0.15) is 15.9 Å². The van der Waals surface area contributed by atoms with Crippen LogP contribution in [-0.4, -0.2) is 24.0 Å². The lowest BCUT2D eigenvalue weighted by atomic mass is 10.1. The average Bonchev–Trinajstić information content (AvgIpc) is 2.28. The van der Waals surface area contributed by atoms with Crippen molar-refractivity contribution in [2.75, 3.05) is 7.11 Å². The Morgan fingerprint density at radius 1 is 1.25 bits per heavy atom. The fourth-order valence-corrected chi connectivity index (χ4v) is 1.09. The van der Waals surface area contributed by atoms with Gasteiger partial charge in [0, 0.05) is 11.6 Å². The van der Waals surface area contributed by atoms with Crippen molar-refractivity contribution >= 4 is 11.8 Å². The van der Waals surface area contributed by atoms with Crippen molar-refractivity contribution in [2.45, 2.75) is 6.92 Å². The van der Waals surface area contributed by atoms with Crippen LogP contribution in [0.4, 0.5) is 0 Å². The molecule has 4 nitrogen and oxygen atoms in total. The topological polar surface area (TPSA) is 63.6 Å². The molecule has 0 fully saturated rings. The fraction of sp³-hybridized carbons (Fsp3) is 0.167. The summed E-state index contributed by atoms with van der Waals surface area (Å²) in [5, 5.41) is 9.17. The zero-order chi connectivity index (χ0) is 12.1. The Morgan fingerprint density at radius 2 is 1.81 bits per heavy atom. The molecule has 1 aromatic rings. The second kappa shape index (κ2) is 5.11. The van der Waals surface area contributed by atoms with Crippen molar-refractivity contribution in [1.29, 1.82) is 0 Å². The summed E-state index contributed by atoms with van der Waals surface area (Å²) in [6, 6.07) is 6.80. The van der Waals surface area contributed by atoms with E-state index in [1.54, 1.807) is 24.3 Å². The highest BCUT2D eigenvalue weighted by Gasteiger charge is 2.10. The number of rotatable bonds is 3. The van der Waals surface area contributed by atoms with Gasteiger partial charge < -0.3 is 9.84 Å². The molecule has 0 aromatic heterocycles. The molecule has 0 saturated heterocycles. The van der Waals surface area contributed by atoms with Gasteiger partial charge in [0.2, 0.25) is 5.76 Å². The molecule has 0 aliphatic rings.